The van der Waals surface area contributed by atoms with E-state index in [4.69, 9.17) is 9.47 Å². The summed E-state index contributed by atoms with van der Waals surface area (Å²) < 4.78 is 15.7. The van der Waals surface area contributed by atoms with Gasteiger partial charge >= 0.3 is 11.9 Å². The van der Waals surface area contributed by atoms with E-state index in [0.717, 1.165) is 11.3 Å². The highest BCUT2D eigenvalue weighted by Gasteiger charge is 2.10. The van der Waals surface area contributed by atoms with Crippen molar-refractivity contribution in [1.29, 1.82) is 0 Å². The molecule has 0 aliphatic heterocycles. The lowest BCUT2D eigenvalue weighted by molar-refractivity contribution is 0.0472. The van der Waals surface area contributed by atoms with Crippen molar-refractivity contribution in [2.45, 2.75) is 13.2 Å². The largest absolute Gasteiger partial charge is 0.489 e. The summed E-state index contributed by atoms with van der Waals surface area (Å²) in [6, 6.07) is 23.4. The number of benzene rings is 3. The Kier molecular flexibility index (Phi) is 6.41. The van der Waals surface area contributed by atoms with E-state index in [2.05, 4.69) is 4.74 Å². The molecule has 142 valence electrons. The van der Waals surface area contributed by atoms with Gasteiger partial charge in [0.25, 0.3) is 0 Å². The van der Waals surface area contributed by atoms with Gasteiger partial charge in [0.15, 0.2) is 0 Å². The number of hydrogen-bond donors (Lipinski definition) is 0. The van der Waals surface area contributed by atoms with Gasteiger partial charge in [0.2, 0.25) is 0 Å². The molecule has 0 saturated heterocycles. The van der Waals surface area contributed by atoms with Gasteiger partial charge in [0, 0.05) is 0 Å². The molecule has 0 spiro atoms. The Morgan fingerprint density at radius 3 is 2.18 bits per heavy atom. The average molecular weight is 376 g/mol. The molecule has 0 saturated carbocycles. The number of para-hydroxylation sites is 1. The second-order valence-electron chi connectivity index (χ2n) is 6.07. The molecule has 0 radical (unpaired) electrons. The van der Waals surface area contributed by atoms with Gasteiger partial charge in [-0.05, 0) is 47.5 Å². The summed E-state index contributed by atoms with van der Waals surface area (Å²) in [7, 11) is 1.32. The number of carbonyl (C=O) groups excluding carboxylic acids is 2. The van der Waals surface area contributed by atoms with Crippen molar-refractivity contribution in [3.63, 3.8) is 0 Å². The fourth-order valence-electron chi connectivity index (χ4n) is 2.56. The minimum Gasteiger partial charge on any atom is -0.489 e. The first kappa shape index (κ1) is 19.2. The first-order valence-corrected chi connectivity index (χ1v) is 8.77. The smallest absolute Gasteiger partial charge is 0.338 e. The molecular weight excluding hydrogens is 356 g/mol. The van der Waals surface area contributed by atoms with E-state index in [-0.39, 0.29) is 6.61 Å². The number of carbonyl (C=O) groups is 2. The molecule has 0 atom stereocenters. The Morgan fingerprint density at radius 1 is 0.714 bits per heavy atom. The Labute approximate surface area is 163 Å². The first-order valence-electron chi connectivity index (χ1n) is 8.77. The van der Waals surface area contributed by atoms with E-state index in [0.29, 0.717) is 23.3 Å². The van der Waals surface area contributed by atoms with E-state index < -0.39 is 11.9 Å². The minimum absolute atomic E-state index is 0.0720. The van der Waals surface area contributed by atoms with E-state index in [1.54, 1.807) is 36.4 Å². The van der Waals surface area contributed by atoms with Crippen LogP contribution >= 0.6 is 0 Å². The number of hydrogen-bond acceptors (Lipinski definition) is 5. The van der Waals surface area contributed by atoms with Gasteiger partial charge < -0.3 is 14.2 Å². The van der Waals surface area contributed by atoms with Crippen molar-refractivity contribution < 1.29 is 23.8 Å². The van der Waals surface area contributed by atoms with Crippen LogP contribution in [0.15, 0.2) is 78.9 Å². The van der Waals surface area contributed by atoms with E-state index in [9.17, 15) is 9.59 Å². The van der Waals surface area contributed by atoms with Gasteiger partial charge in [-0.15, -0.1) is 0 Å². The van der Waals surface area contributed by atoms with Crippen LogP contribution in [0.5, 0.6) is 5.75 Å². The van der Waals surface area contributed by atoms with E-state index in [1.807, 2.05) is 42.5 Å². The van der Waals surface area contributed by atoms with Crippen LogP contribution in [0, 0.1) is 0 Å². The summed E-state index contributed by atoms with van der Waals surface area (Å²) in [5.41, 5.74) is 2.53. The fraction of sp³-hybridized carbons (Fsp3) is 0.130. The SMILES string of the molecule is COC(=O)c1cccc(COC(=O)c2ccc(COc3ccccc3)cc2)c1. The quantitative estimate of drug-likeness (QED) is 0.572. The maximum Gasteiger partial charge on any atom is 0.338 e. The van der Waals surface area contributed by atoms with Crippen molar-refractivity contribution in [3.05, 3.63) is 101 Å². The zero-order valence-corrected chi connectivity index (χ0v) is 15.5. The Hall–Kier alpha value is -3.60. The summed E-state index contributed by atoms with van der Waals surface area (Å²) in [4.78, 5) is 23.8. The molecule has 0 aromatic heterocycles. The topological polar surface area (TPSA) is 61.8 Å². The van der Waals surface area contributed by atoms with Crippen molar-refractivity contribution >= 4 is 11.9 Å². The molecule has 5 heteroatoms. The molecule has 3 aromatic carbocycles. The van der Waals surface area contributed by atoms with Crippen LogP contribution in [0.25, 0.3) is 0 Å². The highest BCUT2D eigenvalue weighted by Crippen LogP contribution is 2.14. The number of methoxy groups -OCH3 is 1. The molecule has 0 aliphatic rings. The second-order valence-corrected chi connectivity index (χ2v) is 6.07. The third-order valence-electron chi connectivity index (χ3n) is 4.06. The minimum atomic E-state index is -0.431. The predicted molar refractivity (Wildman–Crippen MR) is 104 cm³/mol. The third kappa shape index (κ3) is 5.20. The molecule has 0 N–H and O–H groups in total. The Morgan fingerprint density at radius 2 is 1.46 bits per heavy atom. The number of esters is 2. The van der Waals surface area contributed by atoms with Gasteiger partial charge in [-0.1, -0.05) is 42.5 Å². The molecule has 0 amide bonds. The van der Waals surface area contributed by atoms with Gasteiger partial charge in [-0.3, -0.25) is 0 Å². The van der Waals surface area contributed by atoms with Crippen LogP contribution in [0.4, 0.5) is 0 Å². The monoisotopic (exact) mass is 376 g/mol. The van der Waals surface area contributed by atoms with Gasteiger partial charge in [-0.25, -0.2) is 9.59 Å². The van der Waals surface area contributed by atoms with Crippen LogP contribution in [0.1, 0.15) is 31.8 Å². The van der Waals surface area contributed by atoms with Gasteiger partial charge in [0.05, 0.1) is 18.2 Å². The van der Waals surface area contributed by atoms with Crippen LogP contribution in [0.2, 0.25) is 0 Å². The fourth-order valence-corrected chi connectivity index (χ4v) is 2.56. The van der Waals surface area contributed by atoms with Crippen molar-refractivity contribution in [2.24, 2.45) is 0 Å². The molecule has 0 unspecified atom stereocenters. The molecule has 3 aromatic rings. The summed E-state index contributed by atoms with van der Waals surface area (Å²) >= 11 is 0. The van der Waals surface area contributed by atoms with Crippen LogP contribution in [-0.2, 0) is 22.7 Å². The third-order valence-corrected chi connectivity index (χ3v) is 4.06. The van der Waals surface area contributed by atoms with Gasteiger partial charge in [-0.2, -0.15) is 0 Å². The van der Waals surface area contributed by atoms with E-state index >= 15 is 0 Å². The van der Waals surface area contributed by atoms with Crippen molar-refractivity contribution in [1.82, 2.24) is 0 Å². The maximum atomic E-state index is 12.2. The van der Waals surface area contributed by atoms with Crippen molar-refractivity contribution in [2.75, 3.05) is 7.11 Å². The summed E-state index contributed by atoms with van der Waals surface area (Å²) in [6.07, 6.45) is 0. The summed E-state index contributed by atoms with van der Waals surface area (Å²) in [5, 5.41) is 0. The van der Waals surface area contributed by atoms with Crippen LogP contribution < -0.4 is 4.74 Å². The van der Waals surface area contributed by atoms with Crippen molar-refractivity contribution in [3.8, 4) is 5.75 Å². The standard InChI is InChI=1S/C23H20O5/c1-26-22(24)20-7-5-6-18(14-20)16-28-23(25)19-12-10-17(11-13-19)15-27-21-8-3-2-4-9-21/h2-14H,15-16H2,1H3. The lowest BCUT2D eigenvalue weighted by Crippen LogP contribution is -2.07. The first-order chi connectivity index (χ1) is 13.7. The highest BCUT2D eigenvalue weighted by atomic mass is 16.5. The molecule has 28 heavy (non-hydrogen) atoms. The second kappa shape index (κ2) is 9.37. The average Bonchev–Trinajstić information content (AvgIpc) is 2.76. The molecule has 0 aliphatic carbocycles. The molecule has 0 bridgehead atoms. The molecule has 3 rings (SSSR count). The van der Waals surface area contributed by atoms with E-state index in [1.165, 1.54) is 7.11 Å². The normalized spacial score (nSPS) is 10.2. The highest BCUT2D eigenvalue weighted by molar-refractivity contribution is 5.90. The predicted octanol–water partition coefficient (Wildman–Crippen LogP) is 4.41. The Bertz CT molecular complexity index is 933. The van der Waals surface area contributed by atoms with Crippen LogP contribution in [0.3, 0.4) is 0 Å². The molecule has 0 heterocycles. The number of ether oxygens (including phenoxy) is 3. The Balaban J connectivity index is 1.54. The van der Waals surface area contributed by atoms with Gasteiger partial charge in [0.1, 0.15) is 19.0 Å². The lowest BCUT2D eigenvalue weighted by Gasteiger charge is -2.08. The zero-order valence-electron chi connectivity index (χ0n) is 15.5. The zero-order chi connectivity index (χ0) is 19.8. The van der Waals surface area contributed by atoms with Crippen LogP contribution in [-0.4, -0.2) is 19.0 Å². The molecular formula is C23H20O5. The lowest BCUT2D eigenvalue weighted by atomic mass is 10.1. The summed E-state index contributed by atoms with van der Waals surface area (Å²) in [5.74, 6) is -0.0688. The molecule has 5 nitrogen and oxygen atoms in total. The summed E-state index contributed by atoms with van der Waals surface area (Å²) in [6.45, 7) is 0.488. The number of rotatable bonds is 7. The maximum absolute atomic E-state index is 12.2. The molecule has 0 fully saturated rings.